The molecule has 192 valence electrons. The Hall–Kier alpha value is -2.63. The first-order valence-corrected chi connectivity index (χ1v) is 13.0. The molecule has 1 aliphatic heterocycles. The van der Waals surface area contributed by atoms with Gasteiger partial charge in [0, 0.05) is 0 Å². The van der Waals surface area contributed by atoms with Crippen LogP contribution >= 0.6 is 0 Å². The third-order valence-corrected chi connectivity index (χ3v) is 7.20. The van der Waals surface area contributed by atoms with E-state index in [1.54, 1.807) is 12.1 Å². The first-order chi connectivity index (χ1) is 17.3. The van der Waals surface area contributed by atoms with Crippen LogP contribution in [0.5, 0.6) is 0 Å². The lowest BCUT2D eigenvalue weighted by molar-refractivity contribution is -0.305. The monoisotopic (exact) mass is 514 g/mol. The van der Waals surface area contributed by atoms with E-state index in [1.165, 1.54) is 12.1 Å². The van der Waals surface area contributed by atoms with E-state index in [-0.39, 0.29) is 18.1 Å². The van der Waals surface area contributed by atoms with E-state index in [9.17, 15) is 18.6 Å². The van der Waals surface area contributed by atoms with Crippen LogP contribution in [0.1, 0.15) is 16.7 Å². The normalized spacial score (nSPS) is 24.5. The number of hydrogen-bond donors (Lipinski definition) is 2. The summed E-state index contributed by atoms with van der Waals surface area (Å²) in [7, 11) is -4.09. The summed E-state index contributed by atoms with van der Waals surface area (Å²) in [5.74, 6) is 0. The zero-order chi connectivity index (χ0) is 25.5. The van der Waals surface area contributed by atoms with Gasteiger partial charge in [-0.25, -0.2) is 0 Å². The molecule has 2 N–H and O–H groups in total. The Bertz CT molecular complexity index is 1190. The summed E-state index contributed by atoms with van der Waals surface area (Å²) < 4.78 is 48.0. The van der Waals surface area contributed by atoms with E-state index in [2.05, 4.69) is 0 Å². The molecule has 1 saturated heterocycles. The minimum atomic E-state index is -4.09. The van der Waals surface area contributed by atoms with Gasteiger partial charge in [-0.15, -0.1) is 0 Å². The largest absolute Gasteiger partial charge is 0.387 e. The van der Waals surface area contributed by atoms with Crippen LogP contribution in [0.15, 0.2) is 89.8 Å². The fraction of sp³-hybridized carbons (Fsp3) is 0.333. The Kier molecular flexibility index (Phi) is 8.86. The van der Waals surface area contributed by atoms with Crippen LogP contribution in [0.2, 0.25) is 0 Å². The van der Waals surface area contributed by atoms with Crippen molar-refractivity contribution in [2.45, 2.75) is 55.7 Å². The third-order valence-electron chi connectivity index (χ3n) is 5.90. The Balaban J connectivity index is 1.48. The zero-order valence-corrected chi connectivity index (χ0v) is 20.7. The van der Waals surface area contributed by atoms with Crippen LogP contribution in [0.4, 0.5) is 0 Å². The van der Waals surface area contributed by atoms with Gasteiger partial charge in [-0.2, -0.15) is 8.42 Å². The van der Waals surface area contributed by atoms with Gasteiger partial charge in [-0.05, 0) is 30.2 Å². The molecule has 0 spiro atoms. The van der Waals surface area contributed by atoms with Gasteiger partial charge in [0.1, 0.15) is 24.4 Å². The Morgan fingerprint density at radius 1 is 0.778 bits per heavy atom. The molecule has 3 aromatic carbocycles. The van der Waals surface area contributed by atoms with E-state index < -0.39 is 47.4 Å². The molecule has 5 atom stereocenters. The molecular formula is C27H30O8S. The van der Waals surface area contributed by atoms with Crippen molar-refractivity contribution in [2.75, 3.05) is 6.61 Å². The molecular weight excluding hydrogens is 484 g/mol. The maximum absolute atomic E-state index is 12.7. The molecule has 3 aromatic rings. The van der Waals surface area contributed by atoms with Gasteiger partial charge in [0.25, 0.3) is 10.1 Å². The summed E-state index contributed by atoms with van der Waals surface area (Å²) in [5, 5.41) is 21.7. The predicted molar refractivity (Wildman–Crippen MR) is 131 cm³/mol. The molecule has 4 rings (SSSR count). The maximum Gasteiger partial charge on any atom is 0.297 e. The van der Waals surface area contributed by atoms with Crippen molar-refractivity contribution >= 4 is 10.1 Å². The summed E-state index contributed by atoms with van der Waals surface area (Å²) in [4.78, 5) is -0.00386. The standard InChI is InChI=1S/C27H30O8S/c1-19-12-14-22(15-13-19)36(30,31)34-18-23-25(32-16-20-8-4-2-5-9-20)24(28)26(27(29)35-23)33-17-21-10-6-3-7-11-21/h2-15,23-29H,16-18H2,1H3/t23-,24+,25-,26+,27+/m1/s1. The molecule has 0 aromatic heterocycles. The quantitative estimate of drug-likeness (QED) is 0.397. The van der Waals surface area contributed by atoms with Crippen molar-refractivity contribution in [1.29, 1.82) is 0 Å². The van der Waals surface area contributed by atoms with Gasteiger partial charge in [0.05, 0.1) is 24.7 Å². The number of ether oxygens (including phenoxy) is 3. The van der Waals surface area contributed by atoms with Crippen molar-refractivity contribution in [3.05, 3.63) is 102 Å². The minimum Gasteiger partial charge on any atom is -0.387 e. The average Bonchev–Trinajstić information content (AvgIpc) is 2.88. The number of aliphatic hydroxyl groups is 2. The van der Waals surface area contributed by atoms with E-state index in [0.717, 1.165) is 16.7 Å². The lowest BCUT2D eigenvalue weighted by atomic mass is 9.98. The fourth-order valence-electron chi connectivity index (χ4n) is 3.89. The third kappa shape index (κ3) is 6.77. The molecule has 0 bridgehead atoms. The van der Waals surface area contributed by atoms with Crippen LogP contribution in [-0.4, -0.2) is 55.9 Å². The van der Waals surface area contributed by atoms with Gasteiger partial charge in [0.15, 0.2) is 6.29 Å². The summed E-state index contributed by atoms with van der Waals surface area (Å²) in [6.07, 6.45) is -6.04. The zero-order valence-electron chi connectivity index (χ0n) is 19.8. The van der Waals surface area contributed by atoms with Crippen LogP contribution < -0.4 is 0 Å². The van der Waals surface area contributed by atoms with Crippen molar-refractivity contribution in [1.82, 2.24) is 0 Å². The second-order valence-corrected chi connectivity index (χ2v) is 10.2. The summed E-state index contributed by atoms with van der Waals surface area (Å²) >= 11 is 0. The topological polar surface area (TPSA) is 112 Å². The fourth-order valence-corrected chi connectivity index (χ4v) is 4.81. The average molecular weight is 515 g/mol. The molecule has 1 heterocycles. The van der Waals surface area contributed by atoms with Crippen LogP contribution in [0.3, 0.4) is 0 Å². The molecule has 0 radical (unpaired) electrons. The summed E-state index contributed by atoms with van der Waals surface area (Å²) in [6, 6.07) is 24.9. The predicted octanol–water partition coefficient (Wildman–Crippen LogP) is 2.95. The molecule has 0 aliphatic carbocycles. The minimum absolute atomic E-state index is 0.00386. The first-order valence-electron chi connectivity index (χ1n) is 11.6. The number of rotatable bonds is 10. The van der Waals surface area contributed by atoms with E-state index in [4.69, 9.17) is 18.4 Å². The molecule has 9 heteroatoms. The van der Waals surface area contributed by atoms with Gasteiger partial charge >= 0.3 is 0 Å². The van der Waals surface area contributed by atoms with Crippen LogP contribution in [-0.2, 0) is 41.7 Å². The second-order valence-electron chi connectivity index (χ2n) is 8.63. The highest BCUT2D eigenvalue weighted by Gasteiger charge is 2.46. The molecule has 0 saturated carbocycles. The second kappa shape index (κ2) is 12.1. The lowest BCUT2D eigenvalue weighted by Gasteiger charge is -2.42. The van der Waals surface area contributed by atoms with E-state index >= 15 is 0 Å². The highest BCUT2D eigenvalue weighted by molar-refractivity contribution is 7.86. The molecule has 36 heavy (non-hydrogen) atoms. The number of aliphatic hydroxyl groups excluding tert-OH is 2. The summed E-state index contributed by atoms with van der Waals surface area (Å²) in [6.45, 7) is 1.65. The summed E-state index contributed by atoms with van der Waals surface area (Å²) in [5.41, 5.74) is 2.62. The van der Waals surface area contributed by atoms with Crippen LogP contribution in [0, 0.1) is 6.92 Å². The smallest absolute Gasteiger partial charge is 0.297 e. The van der Waals surface area contributed by atoms with Crippen molar-refractivity contribution in [3.8, 4) is 0 Å². The highest BCUT2D eigenvalue weighted by Crippen LogP contribution is 2.27. The van der Waals surface area contributed by atoms with Gasteiger partial charge in [0.2, 0.25) is 0 Å². The number of benzene rings is 3. The molecule has 8 nitrogen and oxygen atoms in total. The Morgan fingerprint density at radius 2 is 1.31 bits per heavy atom. The lowest BCUT2D eigenvalue weighted by Crippen LogP contribution is -2.60. The van der Waals surface area contributed by atoms with Crippen LogP contribution in [0.25, 0.3) is 0 Å². The van der Waals surface area contributed by atoms with Gasteiger partial charge in [-0.3, -0.25) is 4.18 Å². The Labute approximate surface area is 211 Å². The highest BCUT2D eigenvalue weighted by atomic mass is 32.2. The van der Waals surface area contributed by atoms with E-state index in [1.807, 2.05) is 67.6 Å². The van der Waals surface area contributed by atoms with Gasteiger partial charge < -0.3 is 24.4 Å². The Morgan fingerprint density at radius 3 is 1.86 bits per heavy atom. The molecule has 1 fully saturated rings. The molecule has 0 unspecified atom stereocenters. The molecule has 1 aliphatic rings. The number of hydrogen-bond acceptors (Lipinski definition) is 8. The van der Waals surface area contributed by atoms with Gasteiger partial charge in [-0.1, -0.05) is 78.4 Å². The van der Waals surface area contributed by atoms with Crippen molar-refractivity contribution in [2.24, 2.45) is 0 Å². The number of aryl methyl sites for hydroxylation is 1. The SMILES string of the molecule is Cc1ccc(S(=O)(=O)OC[C@H]2O[C@H](O)[C@@H](OCc3ccccc3)[C@@H](O)[C@@H]2OCc2ccccc2)cc1. The van der Waals surface area contributed by atoms with E-state index in [0.29, 0.717) is 0 Å². The van der Waals surface area contributed by atoms with Crippen molar-refractivity contribution < 1.29 is 37.0 Å². The maximum atomic E-state index is 12.7. The first kappa shape index (κ1) is 26.4. The molecule has 0 amide bonds. The van der Waals surface area contributed by atoms with Crippen molar-refractivity contribution in [3.63, 3.8) is 0 Å².